The Hall–Kier alpha value is -3.19. The average molecular weight is 697 g/mol. The lowest BCUT2D eigenvalue weighted by atomic mass is 10.1. The number of nitrogens with two attached hydrogens (primary N) is 1. The van der Waals surface area contributed by atoms with Crippen LogP contribution in [-0.4, -0.2) is 41.6 Å². The number of ether oxygens (including phenoxy) is 1. The first-order chi connectivity index (χ1) is 24.4. The molecule has 0 aliphatic carbocycles. The second-order valence-electron chi connectivity index (χ2n) is 13.0. The summed E-state index contributed by atoms with van der Waals surface area (Å²) in [5, 5.41) is 11.9. The van der Waals surface area contributed by atoms with Gasteiger partial charge in [0, 0.05) is 12.8 Å². The van der Waals surface area contributed by atoms with Crippen LogP contribution >= 0.6 is 0 Å². The van der Waals surface area contributed by atoms with E-state index in [0.717, 1.165) is 103 Å². The molecule has 0 aromatic carbocycles. The van der Waals surface area contributed by atoms with E-state index in [2.05, 4.69) is 86.0 Å². The van der Waals surface area contributed by atoms with Gasteiger partial charge in [-0.2, -0.15) is 0 Å². The first-order valence-corrected chi connectivity index (χ1v) is 19.8. The molecule has 0 radical (unpaired) electrons. The number of amides is 1. The van der Waals surface area contributed by atoms with Gasteiger partial charge in [-0.3, -0.25) is 9.59 Å². The molecule has 0 spiro atoms. The highest BCUT2D eigenvalue weighted by atomic mass is 16.5. The van der Waals surface area contributed by atoms with Crippen LogP contribution in [0.2, 0.25) is 0 Å². The lowest BCUT2D eigenvalue weighted by molar-refractivity contribution is -0.147. The summed E-state index contributed by atoms with van der Waals surface area (Å²) in [5.41, 5.74) is 5.47. The Morgan fingerprint density at radius 1 is 0.620 bits per heavy atom. The number of allylic oxidation sites excluding steroid dienone is 11. The number of unbranched alkanes of at least 4 members (excludes halogenated alkanes) is 10. The summed E-state index contributed by atoms with van der Waals surface area (Å²) in [6.45, 7) is 4.74. The second-order valence-corrected chi connectivity index (χ2v) is 13.0. The van der Waals surface area contributed by atoms with Crippen LogP contribution in [-0.2, 0) is 19.1 Å². The lowest BCUT2D eigenvalue weighted by Gasteiger charge is -2.15. The molecule has 284 valence electrons. The highest BCUT2D eigenvalue weighted by molar-refractivity contribution is 5.83. The topological polar surface area (TPSA) is 119 Å². The van der Waals surface area contributed by atoms with Crippen LogP contribution in [0, 0.1) is 0 Å². The van der Waals surface area contributed by atoms with Crippen molar-refractivity contribution in [2.45, 2.75) is 174 Å². The molecule has 0 aromatic rings. The molecule has 1 amide bonds. The minimum atomic E-state index is -1.02. The SMILES string of the molecule is CC/C=C\C/C=C\C/C=C\C/C=C\C(CCCCCCCC(=O)NC(CCCN)C(=O)O)OC(=O)CCCCCCC/C=C\C/C=C\CCC. The Morgan fingerprint density at radius 2 is 1.16 bits per heavy atom. The van der Waals surface area contributed by atoms with Crippen molar-refractivity contribution in [1.29, 1.82) is 0 Å². The number of carbonyl (C=O) groups excluding carboxylic acids is 2. The maximum absolute atomic E-state index is 12.7. The van der Waals surface area contributed by atoms with Crippen LogP contribution < -0.4 is 11.1 Å². The molecule has 7 nitrogen and oxygen atoms in total. The molecule has 50 heavy (non-hydrogen) atoms. The summed E-state index contributed by atoms with van der Waals surface area (Å²) in [4.78, 5) is 36.2. The van der Waals surface area contributed by atoms with Crippen molar-refractivity contribution in [3.63, 3.8) is 0 Å². The van der Waals surface area contributed by atoms with Gasteiger partial charge in [0.25, 0.3) is 0 Å². The fraction of sp³-hybridized carbons (Fsp3) is 0.651. The number of carbonyl (C=O) groups is 3. The largest absolute Gasteiger partial charge is 0.480 e. The molecule has 4 N–H and O–H groups in total. The van der Waals surface area contributed by atoms with Crippen molar-refractivity contribution in [2.75, 3.05) is 6.54 Å². The summed E-state index contributed by atoms with van der Waals surface area (Å²) < 4.78 is 5.90. The van der Waals surface area contributed by atoms with Gasteiger partial charge in [0.2, 0.25) is 5.91 Å². The first kappa shape index (κ1) is 46.8. The van der Waals surface area contributed by atoms with Crippen LogP contribution in [0.5, 0.6) is 0 Å². The van der Waals surface area contributed by atoms with E-state index in [1.807, 2.05) is 6.08 Å². The molecule has 0 saturated carbocycles. The number of hydrogen-bond acceptors (Lipinski definition) is 5. The zero-order chi connectivity index (χ0) is 36.8. The molecule has 0 aliphatic rings. The van der Waals surface area contributed by atoms with Crippen LogP contribution in [0.1, 0.15) is 162 Å². The number of hydrogen-bond donors (Lipinski definition) is 3. The van der Waals surface area contributed by atoms with Gasteiger partial charge < -0.3 is 20.9 Å². The number of esters is 1. The van der Waals surface area contributed by atoms with Crippen molar-refractivity contribution >= 4 is 17.8 Å². The third-order valence-electron chi connectivity index (χ3n) is 8.22. The van der Waals surface area contributed by atoms with Gasteiger partial charge in [-0.25, -0.2) is 4.79 Å². The van der Waals surface area contributed by atoms with Gasteiger partial charge in [-0.1, -0.05) is 126 Å². The molecular formula is C43H72N2O5. The van der Waals surface area contributed by atoms with E-state index in [4.69, 9.17) is 10.5 Å². The Morgan fingerprint density at radius 3 is 1.78 bits per heavy atom. The summed E-state index contributed by atoms with van der Waals surface area (Å²) in [6.07, 6.45) is 46.7. The van der Waals surface area contributed by atoms with Crippen molar-refractivity contribution in [1.82, 2.24) is 5.32 Å². The number of nitrogens with one attached hydrogen (secondary N) is 1. The molecule has 0 bridgehead atoms. The maximum atomic E-state index is 12.7. The predicted molar refractivity (Wildman–Crippen MR) is 211 cm³/mol. The van der Waals surface area contributed by atoms with Crippen molar-refractivity contribution < 1.29 is 24.2 Å². The van der Waals surface area contributed by atoms with Crippen LogP contribution in [0.4, 0.5) is 0 Å². The molecule has 0 aromatic heterocycles. The van der Waals surface area contributed by atoms with Gasteiger partial charge in [-0.05, 0) is 103 Å². The van der Waals surface area contributed by atoms with Gasteiger partial charge >= 0.3 is 11.9 Å². The van der Waals surface area contributed by atoms with E-state index in [9.17, 15) is 19.5 Å². The second kappa shape index (κ2) is 37.1. The average Bonchev–Trinajstić information content (AvgIpc) is 3.10. The van der Waals surface area contributed by atoms with E-state index in [1.165, 1.54) is 19.3 Å². The Kier molecular flexibility index (Phi) is 34.7. The molecule has 2 atom stereocenters. The van der Waals surface area contributed by atoms with E-state index in [-0.39, 0.29) is 18.0 Å². The summed E-state index contributed by atoms with van der Waals surface area (Å²) in [5.74, 6) is -1.36. The third-order valence-corrected chi connectivity index (χ3v) is 8.22. The molecule has 0 fully saturated rings. The van der Waals surface area contributed by atoms with Gasteiger partial charge in [0.05, 0.1) is 0 Å². The molecule has 0 aliphatic heterocycles. The molecule has 0 rings (SSSR count). The summed E-state index contributed by atoms with van der Waals surface area (Å²) >= 11 is 0. The third kappa shape index (κ3) is 33.3. The smallest absolute Gasteiger partial charge is 0.326 e. The molecular weight excluding hydrogens is 624 g/mol. The zero-order valence-electron chi connectivity index (χ0n) is 31.7. The Labute approximate surface area is 305 Å². The minimum Gasteiger partial charge on any atom is -0.480 e. The van der Waals surface area contributed by atoms with Gasteiger partial charge in [0.1, 0.15) is 12.1 Å². The van der Waals surface area contributed by atoms with Gasteiger partial charge in [0.15, 0.2) is 0 Å². The number of rotatable bonds is 34. The lowest BCUT2D eigenvalue weighted by Crippen LogP contribution is -2.40. The maximum Gasteiger partial charge on any atom is 0.326 e. The molecule has 0 saturated heterocycles. The van der Waals surface area contributed by atoms with Crippen molar-refractivity contribution in [3.8, 4) is 0 Å². The fourth-order valence-corrected chi connectivity index (χ4v) is 5.28. The Bertz CT molecular complexity index is 1010. The summed E-state index contributed by atoms with van der Waals surface area (Å²) in [7, 11) is 0. The van der Waals surface area contributed by atoms with E-state index < -0.39 is 12.0 Å². The number of carboxylic acids is 1. The summed E-state index contributed by atoms with van der Waals surface area (Å²) in [6, 6.07) is -0.871. The van der Waals surface area contributed by atoms with E-state index in [0.29, 0.717) is 32.2 Å². The van der Waals surface area contributed by atoms with E-state index in [1.54, 1.807) is 0 Å². The number of aliphatic carboxylic acids is 1. The normalized spacial score (nSPS) is 13.5. The van der Waals surface area contributed by atoms with Crippen LogP contribution in [0.15, 0.2) is 72.9 Å². The standard InChI is InChI=1S/C43H72N2O5/c1-3-5-7-9-11-13-15-16-18-20-22-27-31-37-42(47)50-39(33-28-24-21-19-17-14-12-10-8-6-4-2)34-29-25-23-26-30-36-41(46)45-40(43(48)49)35-32-38-44/h6-9,12-15,19,21,28,33,39-40H,3-5,10-11,16-18,20,22-27,29-32,34-38,44H2,1-2H3,(H,45,46)(H,48,49)/b8-6-,9-7-,14-12-,15-13-,21-19-,33-28-. The van der Waals surface area contributed by atoms with Gasteiger partial charge in [-0.15, -0.1) is 0 Å². The number of carboxylic acid groups (broad SMARTS) is 1. The van der Waals surface area contributed by atoms with Crippen molar-refractivity contribution in [3.05, 3.63) is 72.9 Å². The van der Waals surface area contributed by atoms with Crippen molar-refractivity contribution in [2.24, 2.45) is 5.73 Å². The van der Waals surface area contributed by atoms with Crippen LogP contribution in [0.3, 0.4) is 0 Å². The van der Waals surface area contributed by atoms with Crippen LogP contribution in [0.25, 0.3) is 0 Å². The molecule has 7 heteroatoms. The first-order valence-electron chi connectivity index (χ1n) is 19.8. The monoisotopic (exact) mass is 697 g/mol. The Balaban J connectivity index is 4.51. The predicted octanol–water partition coefficient (Wildman–Crippen LogP) is 10.8. The highest BCUT2D eigenvalue weighted by Crippen LogP contribution is 2.15. The minimum absolute atomic E-state index is 0.117. The molecule has 0 heterocycles. The van der Waals surface area contributed by atoms with E-state index >= 15 is 0 Å². The molecule has 2 unspecified atom stereocenters. The zero-order valence-corrected chi connectivity index (χ0v) is 31.7. The highest BCUT2D eigenvalue weighted by Gasteiger charge is 2.18. The fourth-order valence-electron chi connectivity index (χ4n) is 5.28. The quantitative estimate of drug-likeness (QED) is 0.0350.